The Labute approximate surface area is 147 Å². The molecule has 0 unspecified atom stereocenters. The number of hydrogen-bond acceptors (Lipinski definition) is 2. The summed E-state index contributed by atoms with van der Waals surface area (Å²) in [5, 5.41) is 6.82. The van der Waals surface area contributed by atoms with Crippen molar-refractivity contribution in [2.75, 3.05) is 7.11 Å². The number of halogens is 1. The summed E-state index contributed by atoms with van der Waals surface area (Å²) in [4.78, 5) is 0. The molecule has 1 aromatic heterocycles. The Hall–Kier alpha value is -2.00. The first-order valence-corrected chi connectivity index (χ1v) is 8.88. The van der Waals surface area contributed by atoms with Crippen LogP contribution in [0.4, 0.5) is 0 Å². The molecule has 1 heterocycles. The highest BCUT2D eigenvalue weighted by Gasteiger charge is 2.25. The molecule has 0 radical (unpaired) electrons. The van der Waals surface area contributed by atoms with Crippen molar-refractivity contribution in [3.8, 4) is 17.0 Å². The molecule has 1 saturated carbocycles. The molecule has 1 fully saturated rings. The van der Waals surface area contributed by atoms with Crippen LogP contribution in [0.2, 0.25) is 5.02 Å². The van der Waals surface area contributed by atoms with Crippen LogP contribution >= 0.6 is 11.6 Å². The van der Waals surface area contributed by atoms with E-state index in [0.717, 1.165) is 21.9 Å². The van der Waals surface area contributed by atoms with Gasteiger partial charge in [-0.25, -0.2) is 0 Å². The summed E-state index contributed by atoms with van der Waals surface area (Å²) >= 11 is 6.46. The summed E-state index contributed by atoms with van der Waals surface area (Å²) in [6, 6.07) is 12.7. The average molecular weight is 341 g/mol. The molecule has 0 amide bonds. The molecule has 0 atom stereocenters. The second kappa shape index (κ2) is 6.14. The highest BCUT2D eigenvalue weighted by Crippen LogP contribution is 2.40. The summed E-state index contributed by atoms with van der Waals surface area (Å²) in [5.41, 5.74) is 4.47. The van der Waals surface area contributed by atoms with Crippen LogP contribution in [0.3, 0.4) is 0 Å². The number of aromatic nitrogens is 2. The van der Waals surface area contributed by atoms with Crippen LogP contribution in [-0.2, 0) is 0 Å². The summed E-state index contributed by atoms with van der Waals surface area (Å²) in [6.07, 6.45) is 4.92. The van der Waals surface area contributed by atoms with Crippen LogP contribution in [0.1, 0.15) is 37.3 Å². The maximum atomic E-state index is 6.46. The van der Waals surface area contributed by atoms with Crippen molar-refractivity contribution in [1.82, 2.24) is 9.78 Å². The minimum Gasteiger partial charge on any atom is -0.497 e. The van der Waals surface area contributed by atoms with Gasteiger partial charge in [-0.15, -0.1) is 0 Å². The molecule has 4 heteroatoms. The summed E-state index contributed by atoms with van der Waals surface area (Å²) < 4.78 is 7.52. The quantitative estimate of drug-likeness (QED) is 0.603. The molecule has 0 bridgehead atoms. The number of aryl methyl sites for hydroxylation is 1. The third-order valence-electron chi connectivity index (χ3n) is 5.04. The Morgan fingerprint density at radius 3 is 2.46 bits per heavy atom. The van der Waals surface area contributed by atoms with Crippen molar-refractivity contribution in [3.05, 3.63) is 47.0 Å². The van der Waals surface area contributed by atoms with Gasteiger partial charge in [-0.1, -0.05) is 30.5 Å². The molecule has 0 N–H and O–H groups in total. The van der Waals surface area contributed by atoms with Gasteiger partial charge in [-0.3, -0.25) is 4.68 Å². The summed E-state index contributed by atoms with van der Waals surface area (Å²) in [5.74, 6) is 0.866. The fraction of sp³-hybridized carbons (Fsp3) is 0.350. The van der Waals surface area contributed by atoms with E-state index >= 15 is 0 Å². The van der Waals surface area contributed by atoms with E-state index in [2.05, 4.69) is 29.8 Å². The second-order valence-corrected chi connectivity index (χ2v) is 6.96. The van der Waals surface area contributed by atoms with Crippen LogP contribution in [-0.4, -0.2) is 16.9 Å². The molecular weight excluding hydrogens is 320 g/mol. The van der Waals surface area contributed by atoms with E-state index in [4.69, 9.17) is 21.4 Å². The van der Waals surface area contributed by atoms with Gasteiger partial charge in [0.1, 0.15) is 11.3 Å². The van der Waals surface area contributed by atoms with Crippen molar-refractivity contribution in [3.63, 3.8) is 0 Å². The van der Waals surface area contributed by atoms with Crippen molar-refractivity contribution in [1.29, 1.82) is 0 Å². The number of benzene rings is 2. The molecule has 3 aromatic rings. The van der Waals surface area contributed by atoms with Gasteiger partial charge in [0.25, 0.3) is 0 Å². The van der Waals surface area contributed by atoms with Crippen molar-refractivity contribution in [2.24, 2.45) is 0 Å². The number of hydrogen-bond donors (Lipinski definition) is 0. The Morgan fingerprint density at radius 2 is 1.79 bits per heavy atom. The molecule has 1 aliphatic carbocycles. The lowest BCUT2D eigenvalue weighted by molar-refractivity contribution is 0.415. The van der Waals surface area contributed by atoms with Gasteiger partial charge >= 0.3 is 0 Å². The third kappa shape index (κ3) is 2.48. The van der Waals surface area contributed by atoms with E-state index in [0.29, 0.717) is 6.04 Å². The zero-order valence-electron chi connectivity index (χ0n) is 14.1. The van der Waals surface area contributed by atoms with Gasteiger partial charge in [0.2, 0.25) is 0 Å². The van der Waals surface area contributed by atoms with Crippen LogP contribution in [0.15, 0.2) is 36.4 Å². The standard InChI is InChI=1S/C20H21ClN2O/c1-13-7-12-17(21)19-18(13)20(14-8-10-16(24-2)11-9-14)23(22-19)15-5-3-4-6-15/h7-12,15H,3-6H2,1-2H3. The Bertz CT molecular complexity index is 877. The second-order valence-electron chi connectivity index (χ2n) is 6.55. The van der Waals surface area contributed by atoms with Crippen molar-refractivity contribution in [2.45, 2.75) is 38.6 Å². The fourth-order valence-corrected chi connectivity index (χ4v) is 3.97. The first-order chi connectivity index (χ1) is 11.7. The molecule has 0 saturated heterocycles. The molecule has 4 rings (SSSR count). The van der Waals surface area contributed by atoms with Gasteiger partial charge in [0.05, 0.1) is 23.9 Å². The maximum absolute atomic E-state index is 6.46. The van der Waals surface area contributed by atoms with E-state index in [1.54, 1.807) is 7.11 Å². The first kappa shape index (κ1) is 15.5. The Balaban J connectivity index is 1.99. The number of ether oxygens (including phenoxy) is 1. The molecule has 1 aliphatic rings. The molecule has 0 spiro atoms. The zero-order valence-corrected chi connectivity index (χ0v) is 14.8. The van der Waals surface area contributed by atoms with E-state index in [1.165, 1.54) is 42.3 Å². The zero-order chi connectivity index (χ0) is 16.7. The van der Waals surface area contributed by atoms with E-state index in [9.17, 15) is 0 Å². The molecule has 24 heavy (non-hydrogen) atoms. The van der Waals surface area contributed by atoms with Crippen molar-refractivity contribution >= 4 is 22.5 Å². The minimum atomic E-state index is 0.463. The van der Waals surface area contributed by atoms with Crippen LogP contribution < -0.4 is 4.74 Å². The van der Waals surface area contributed by atoms with Gasteiger partial charge in [-0.2, -0.15) is 5.10 Å². The third-order valence-corrected chi connectivity index (χ3v) is 5.35. The minimum absolute atomic E-state index is 0.463. The number of nitrogens with zero attached hydrogens (tertiary/aromatic N) is 2. The van der Waals surface area contributed by atoms with E-state index in [1.807, 2.05) is 18.2 Å². The van der Waals surface area contributed by atoms with E-state index < -0.39 is 0 Å². The predicted molar refractivity (Wildman–Crippen MR) is 99.0 cm³/mol. The number of methoxy groups -OCH3 is 1. The van der Waals surface area contributed by atoms with Gasteiger partial charge in [-0.05, 0) is 55.7 Å². The largest absolute Gasteiger partial charge is 0.497 e. The van der Waals surface area contributed by atoms with Crippen molar-refractivity contribution < 1.29 is 4.74 Å². The monoisotopic (exact) mass is 340 g/mol. The smallest absolute Gasteiger partial charge is 0.118 e. The number of fused-ring (bicyclic) bond motifs is 1. The first-order valence-electron chi connectivity index (χ1n) is 8.51. The summed E-state index contributed by atoms with van der Waals surface area (Å²) in [7, 11) is 1.69. The molecule has 124 valence electrons. The number of rotatable bonds is 3. The van der Waals surface area contributed by atoms with Gasteiger partial charge in [0.15, 0.2) is 0 Å². The SMILES string of the molecule is COc1ccc(-c2c3c(C)ccc(Cl)c3nn2C2CCCC2)cc1. The topological polar surface area (TPSA) is 27.1 Å². The lowest BCUT2D eigenvalue weighted by Crippen LogP contribution is -2.08. The van der Waals surface area contributed by atoms with Crippen LogP contribution in [0.5, 0.6) is 5.75 Å². The van der Waals surface area contributed by atoms with Gasteiger partial charge in [0, 0.05) is 10.9 Å². The maximum Gasteiger partial charge on any atom is 0.118 e. The van der Waals surface area contributed by atoms with Crippen LogP contribution in [0.25, 0.3) is 22.2 Å². The Kier molecular flexibility index (Phi) is 3.97. The molecule has 2 aromatic carbocycles. The van der Waals surface area contributed by atoms with Crippen LogP contribution in [0, 0.1) is 6.92 Å². The normalized spacial score (nSPS) is 15.3. The molecule has 3 nitrogen and oxygen atoms in total. The summed E-state index contributed by atoms with van der Waals surface area (Å²) in [6.45, 7) is 2.13. The van der Waals surface area contributed by atoms with Gasteiger partial charge < -0.3 is 4.74 Å². The molecule has 0 aliphatic heterocycles. The lowest BCUT2D eigenvalue weighted by Gasteiger charge is -2.15. The molecular formula is C20H21ClN2O. The average Bonchev–Trinajstić information content (AvgIpc) is 3.26. The highest BCUT2D eigenvalue weighted by molar-refractivity contribution is 6.35. The Morgan fingerprint density at radius 1 is 1.08 bits per heavy atom. The van der Waals surface area contributed by atoms with E-state index in [-0.39, 0.29) is 0 Å². The lowest BCUT2D eigenvalue weighted by atomic mass is 10.0. The highest BCUT2D eigenvalue weighted by atomic mass is 35.5. The fourth-order valence-electron chi connectivity index (χ4n) is 3.77. The predicted octanol–water partition coefficient (Wildman–Crippen LogP) is 5.79.